The lowest BCUT2D eigenvalue weighted by molar-refractivity contribution is -0.977. The summed E-state index contributed by atoms with van der Waals surface area (Å²) >= 11 is 0. The SMILES string of the molecule is CC(C)(C)CC(CO[N+](=O)O)O[N+](=O)[O-]. The second-order valence-electron chi connectivity index (χ2n) is 4.25. The summed E-state index contributed by atoms with van der Waals surface area (Å²) in [5.41, 5.74) is -0.215. The Labute approximate surface area is 86.4 Å². The van der Waals surface area contributed by atoms with Crippen molar-refractivity contribution in [3.05, 3.63) is 15.0 Å². The molecule has 88 valence electrons. The summed E-state index contributed by atoms with van der Waals surface area (Å²) in [7, 11) is 0. The van der Waals surface area contributed by atoms with Gasteiger partial charge in [0.1, 0.15) is 11.0 Å². The summed E-state index contributed by atoms with van der Waals surface area (Å²) in [5, 5.41) is 16.6. The summed E-state index contributed by atoms with van der Waals surface area (Å²) in [5.74, 6) is 0. The predicted molar refractivity (Wildman–Crippen MR) is 47.3 cm³/mol. The number of hydrogen-bond donors (Lipinski definition) is 1. The highest BCUT2D eigenvalue weighted by Gasteiger charge is 2.25. The molecule has 0 aliphatic rings. The third-order valence-electron chi connectivity index (χ3n) is 1.45. The van der Waals surface area contributed by atoms with Crippen molar-refractivity contribution in [1.82, 2.24) is 0 Å². The zero-order valence-corrected chi connectivity index (χ0v) is 8.87. The van der Waals surface area contributed by atoms with E-state index in [0.29, 0.717) is 6.42 Å². The smallest absolute Gasteiger partial charge is 0.307 e. The third kappa shape index (κ3) is 8.72. The van der Waals surface area contributed by atoms with Crippen LogP contribution in [0.1, 0.15) is 27.2 Å². The van der Waals surface area contributed by atoms with Crippen molar-refractivity contribution in [1.29, 1.82) is 0 Å². The molecule has 1 N–H and O–H groups in total. The largest absolute Gasteiger partial charge is 0.475 e. The fourth-order valence-electron chi connectivity index (χ4n) is 1.08. The molecule has 0 rings (SSSR count). The molecule has 8 nitrogen and oxygen atoms in total. The highest BCUT2D eigenvalue weighted by atomic mass is 17.0. The molecule has 0 aromatic carbocycles. The van der Waals surface area contributed by atoms with Gasteiger partial charge in [0.2, 0.25) is 0 Å². The number of hydrogen-bond acceptors (Lipinski definition) is 5. The monoisotopic (exact) mass is 223 g/mol. The zero-order valence-electron chi connectivity index (χ0n) is 8.87. The van der Waals surface area contributed by atoms with Gasteiger partial charge in [-0.3, -0.25) is 0 Å². The Kier molecular flexibility index (Phi) is 4.75. The lowest BCUT2D eigenvalue weighted by atomic mass is 9.89. The van der Waals surface area contributed by atoms with Gasteiger partial charge < -0.3 is 4.84 Å². The molecule has 8 heteroatoms. The number of rotatable bonds is 6. The molecule has 0 spiro atoms. The molecule has 0 saturated carbocycles. The van der Waals surface area contributed by atoms with E-state index in [2.05, 4.69) is 9.68 Å². The number of nitrogens with zero attached hydrogens (tertiary/aromatic N) is 2. The standard InChI is InChI=1S/C7H15N2O6/c1-7(2,3)4-6(15-9(12)13)5-14-8(10)11/h6H,4-5H2,1-3H3,(H,10,11)/q+1. The van der Waals surface area contributed by atoms with Crippen LogP contribution in [0.15, 0.2) is 0 Å². The molecule has 0 aromatic heterocycles. The van der Waals surface area contributed by atoms with Gasteiger partial charge in [0, 0.05) is 0 Å². The van der Waals surface area contributed by atoms with E-state index < -0.39 is 16.3 Å². The molecule has 0 aliphatic heterocycles. The molecule has 1 atom stereocenters. The molecule has 1 unspecified atom stereocenters. The van der Waals surface area contributed by atoms with E-state index in [1.165, 1.54) is 0 Å². The summed E-state index contributed by atoms with van der Waals surface area (Å²) in [6.07, 6.45) is -0.564. The first-order chi connectivity index (χ1) is 6.70. The molecule has 0 bridgehead atoms. The van der Waals surface area contributed by atoms with E-state index in [9.17, 15) is 15.0 Å². The average molecular weight is 223 g/mol. The Morgan fingerprint density at radius 3 is 2.27 bits per heavy atom. The van der Waals surface area contributed by atoms with Gasteiger partial charge in [-0.15, -0.1) is 10.1 Å². The molecule has 0 aliphatic carbocycles. The highest BCUT2D eigenvalue weighted by Crippen LogP contribution is 2.22. The lowest BCUT2D eigenvalue weighted by Gasteiger charge is -2.22. The second kappa shape index (κ2) is 5.32. The quantitative estimate of drug-likeness (QED) is 0.534. The van der Waals surface area contributed by atoms with Crippen molar-refractivity contribution in [2.24, 2.45) is 5.41 Å². The van der Waals surface area contributed by atoms with E-state index in [4.69, 9.17) is 5.21 Å². The molecule has 0 aromatic rings. The zero-order chi connectivity index (χ0) is 12.1. The first-order valence-electron chi connectivity index (χ1n) is 4.31. The van der Waals surface area contributed by atoms with Gasteiger partial charge in [-0.05, 0) is 11.8 Å². The van der Waals surface area contributed by atoms with Crippen molar-refractivity contribution >= 4 is 0 Å². The van der Waals surface area contributed by atoms with Gasteiger partial charge in [-0.25, -0.2) is 5.21 Å². The maximum Gasteiger partial charge on any atom is 0.475 e. The summed E-state index contributed by atoms with van der Waals surface area (Å²) in [6, 6.07) is 0. The van der Waals surface area contributed by atoms with Gasteiger partial charge in [0.05, 0.1) is 0 Å². The Hall–Kier alpha value is -1.60. The van der Waals surface area contributed by atoms with Crippen LogP contribution in [0, 0.1) is 20.4 Å². The fraction of sp³-hybridized carbons (Fsp3) is 1.00. The molecular formula is C7H15N2O6+. The minimum atomic E-state index is -0.952. The van der Waals surface area contributed by atoms with Crippen LogP contribution in [0.3, 0.4) is 0 Å². The first kappa shape index (κ1) is 13.4. The topological polar surface area (TPSA) is 102 Å². The van der Waals surface area contributed by atoms with Crippen molar-refractivity contribution in [2.45, 2.75) is 33.3 Å². The maximum atomic E-state index is 10.1. The Morgan fingerprint density at radius 2 is 1.93 bits per heavy atom. The molecular weight excluding hydrogens is 208 g/mol. The van der Waals surface area contributed by atoms with Crippen LogP contribution in [-0.4, -0.2) is 28.1 Å². The van der Waals surface area contributed by atoms with E-state index in [0.717, 1.165) is 0 Å². The molecule has 0 amide bonds. The van der Waals surface area contributed by atoms with Crippen LogP contribution >= 0.6 is 0 Å². The van der Waals surface area contributed by atoms with Crippen LogP contribution in [-0.2, 0) is 9.68 Å². The Balaban J connectivity index is 4.18. The summed E-state index contributed by atoms with van der Waals surface area (Å²) < 4.78 is 0. The second-order valence-corrected chi connectivity index (χ2v) is 4.25. The van der Waals surface area contributed by atoms with Crippen molar-refractivity contribution in [3.63, 3.8) is 0 Å². The van der Waals surface area contributed by atoms with Crippen molar-refractivity contribution < 1.29 is 25.1 Å². The minimum absolute atomic E-state index is 0.215. The van der Waals surface area contributed by atoms with Crippen LogP contribution in [0.25, 0.3) is 0 Å². The summed E-state index contributed by atoms with van der Waals surface area (Å²) in [6.45, 7) is 5.20. The van der Waals surface area contributed by atoms with Gasteiger partial charge in [-0.2, -0.15) is 4.84 Å². The lowest BCUT2D eigenvalue weighted by Crippen LogP contribution is -2.29. The van der Waals surface area contributed by atoms with E-state index in [1.807, 2.05) is 20.8 Å². The molecule has 0 heterocycles. The normalized spacial score (nSPS) is 13.0. The van der Waals surface area contributed by atoms with E-state index in [-0.39, 0.29) is 12.0 Å². The van der Waals surface area contributed by atoms with E-state index in [1.54, 1.807) is 0 Å². The van der Waals surface area contributed by atoms with Gasteiger partial charge in [0.15, 0.2) is 6.61 Å². The van der Waals surface area contributed by atoms with Gasteiger partial charge in [0.25, 0.3) is 5.09 Å². The van der Waals surface area contributed by atoms with Crippen LogP contribution in [0.5, 0.6) is 0 Å². The molecule has 0 radical (unpaired) electrons. The molecule has 15 heavy (non-hydrogen) atoms. The third-order valence-corrected chi connectivity index (χ3v) is 1.45. The van der Waals surface area contributed by atoms with Crippen molar-refractivity contribution in [3.8, 4) is 0 Å². The van der Waals surface area contributed by atoms with Crippen LogP contribution in [0.4, 0.5) is 0 Å². The summed E-state index contributed by atoms with van der Waals surface area (Å²) in [4.78, 5) is 28.6. The highest BCUT2D eigenvalue weighted by molar-refractivity contribution is 4.67. The molecule has 0 fully saturated rings. The predicted octanol–water partition coefficient (Wildman–Crippen LogP) is 1.10. The fourth-order valence-corrected chi connectivity index (χ4v) is 1.08. The average Bonchev–Trinajstić information content (AvgIpc) is 1.95. The van der Waals surface area contributed by atoms with Crippen molar-refractivity contribution in [2.75, 3.05) is 6.61 Å². The first-order valence-corrected chi connectivity index (χ1v) is 4.31. The molecule has 0 saturated heterocycles. The minimum Gasteiger partial charge on any atom is -0.307 e. The Morgan fingerprint density at radius 1 is 1.40 bits per heavy atom. The van der Waals surface area contributed by atoms with Gasteiger partial charge >= 0.3 is 5.09 Å². The Bertz CT molecular complexity index is 236. The maximum absolute atomic E-state index is 10.1. The van der Waals surface area contributed by atoms with Crippen LogP contribution < -0.4 is 0 Å². The van der Waals surface area contributed by atoms with Crippen LogP contribution in [0.2, 0.25) is 0 Å². The van der Waals surface area contributed by atoms with Gasteiger partial charge in [-0.1, -0.05) is 20.8 Å². The van der Waals surface area contributed by atoms with E-state index >= 15 is 0 Å².